The van der Waals surface area contributed by atoms with E-state index in [2.05, 4.69) is 47.8 Å². The second-order valence-electron chi connectivity index (χ2n) is 6.06. The SMILES string of the molecule is [As]c1ncnc2ccc(N3CCCC(Cc4ncccn4)C3)nc12. The van der Waals surface area contributed by atoms with E-state index in [0.29, 0.717) is 5.92 Å². The summed E-state index contributed by atoms with van der Waals surface area (Å²) in [5.74, 6) is 2.49. The van der Waals surface area contributed by atoms with Crippen molar-refractivity contribution in [2.45, 2.75) is 19.3 Å². The zero-order valence-electron chi connectivity index (χ0n) is 13.2. The average molecular weight is 380 g/mol. The molecule has 7 heteroatoms. The van der Waals surface area contributed by atoms with Crippen LogP contribution in [-0.2, 0) is 6.42 Å². The third kappa shape index (κ3) is 3.24. The van der Waals surface area contributed by atoms with Gasteiger partial charge in [0.05, 0.1) is 0 Å². The Balaban J connectivity index is 1.54. The fraction of sp³-hybridized carbons (Fsp3) is 0.353. The fourth-order valence-electron chi connectivity index (χ4n) is 3.23. The summed E-state index contributed by atoms with van der Waals surface area (Å²) in [5.41, 5.74) is 1.75. The number of rotatable bonds is 3. The third-order valence-corrected chi connectivity index (χ3v) is 5.07. The van der Waals surface area contributed by atoms with E-state index >= 15 is 0 Å². The molecule has 0 aliphatic carbocycles. The van der Waals surface area contributed by atoms with Gasteiger partial charge in [0, 0.05) is 0 Å². The Labute approximate surface area is 149 Å². The molecule has 1 atom stereocenters. The first kappa shape index (κ1) is 15.5. The van der Waals surface area contributed by atoms with Crippen molar-refractivity contribution in [3.63, 3.8) is 0 Å². The van der Waals surface area contributed by atoms with Crippen LogP contribution in [0.2, 0.25) is 0 Å². The second-order valence-corrected chi connectivity index (χ2v) is 6.95. The fourth-order valence-corrected chi connectivity index (χ4v) is 3.68. The summed E-state index contributed by atoms with van der Waals surface area (Å²) < 4.78 is 0.862. The van der Waals surface area contributed by atoms with Crippen LogP contribution >= 0.6 is 0 Å². The molecule has 3 aromatic rings. The van der Waals surface area contributed by atoms with Crippen molar-refractivity contribution < 1.29 is 0 Å². The molecule has 2 radical (unpaired) electrons. The number of nitrogens with zero attached hydrogens (tertiary/aromatic N) is 6. The molecule has 0 N–H and O–H groups in total. The van der Waals surface area contributed by atoms with Gasteiger partial charge in [0.2, 0.25) is 0 Å². The van der Waals surface area contributed by atoms with Gasteiger partial charge in [-0.3, -0.25) is 0 Å². The molecule has 1 fully saturated rings. The maximum absolute atomic E-state index is 4.79. The number of pyridine rings is 1. The van der Waals surface area contributed by atoms with Gasteiger partial charge in [-0.05, 0) is 0 Å². The predicted octanol–water partition coefficient (Wildman–Crippen LogP) is 1.07. The van der Waals surface area contributed by atoms with Crippen molar-refractivity contribution in [3.8, 4) is 0 Å². The first-order chi connectivity index (χ1) is 11.8. The number of piperidine rings is 1. The van der Waals surface area contributed by atoms with Crippen LogP contribution in [-0.4, -0.2) is 54.9 Å². The number of anilines is 1. The molecule has 4 heterocycles. The van der Waals surface area contributed by atoms with E-state index in [1.54, 1.807) is 6.33 Å². The minimum absolute atomic E-state index is 0.558. The molecule has 120 valence electrons. The van der Waals surface area contributed by atoms with Crippen molar-refractivity contribution in [2.75, 3.05) is 18.0 Å². The van der Waals surface area contributed by atoms with Gasteiger partial charge in [-0.1, -0.05) is 0 Å². The van der Waals surface area contributed by atoms with E-state index in [9.17, 15) is 0 Å². The van der Waals surface area contributed by atoms with E-state index in [-0.39, 0.29) is 0 Å². The normalized spacial score (nSPS) is 18.0. The van der Waals surface area contributed by atoms with Crippen molar-refractivity contribution in [3.05, 3.63) is 42.7 Å². The van der Waals surface area contributed by atoms with Crippen LogP contribution in [0.1, 0.15) is 18.7 Å². The van der Waals surface area contributed by atoms with Crippen LogP contribution in [0.15, 0.2) is 36.9 Å². The second kappa shape index (κ2) is 6.81. The number of hydrogen-bond donors (Lipinski definition) is 0. The monoisotopic (exact) mass is 380 g/mol. The number of fused-ring (bicyclic) bond motifs is 1. The Bertz CT molecular complexity index is 841. The van der Waals surface area contributed by atoms with Gasteiger partial charge in [0.25, 0.3) is 0 Å². The van der Waals surface area contributed by atoms with Crippen LogP contribution in [0.3, 0.4) is 0 Å². The molecule has 0 spiro atoms. The minimum atomic E-state index is 0.558. The predicted molar refractivity (Wildman–Crippen MR) is 93.4 cm³/mol. The van der Waals surface area contributed by atoms with Gasteiger partial charge in [-0.2, -0.15) is 0 Å². The van der Waals surface area contributed by atoms with Gasteiger partial charge in [-0.25, -0.2) is 0 Å². The summed E-state index contributed by atoms with van der Waals surface area (Å²) in [6, 6.07) is 5.95. The van der Waals surface area contributed by atoms with Gasteiger partial charge in [0.1, 0.15) is 0 Å². The van der Waals surface area contributed by atoms with E-state index in [0.717, 1.165) is 53.1 Å². The van der Waals surface area contributed by atoms with Gasteiger partial charge in [-0.15, -0.1) is 0 Å². The molecule has 0 bridgehead atoms. The van der Waals surface area contributed by atoms with Gasteiger partial charge < -0.3 is 0 Å². The molecule has 0 aromatic carbocycles. The summed E-state index contributed by atoms with van der Waals surface area (Å²) >= 11 is 2.47. The molecule has 0 saturated carbocycles. The third-order valence-electron chi connectivity index (χ3n) is 4.38. The molecule has 6 nitrogen and oxygen atoms in total. The molecular formula is C17H17AsN6. The summed E-state index contributed by atoms with van der Waals surface area (Å²) in [7, 11) is 0. The van der Waals surface area contributed by atoms with E-state index in [1.165, 1.54) is 6.42 Å². The standard InChI is InChI=1S/C17H17AsN6/c18-17-16-13(21-11-22-17)4-5-15(23-16)24-8-1-3-12(10-24)9-14-19-6-2-7-20-14/h2,4-7,11-12H,1,3,8-10H2. The first-order valence-corrected chi connectivity index (χ1v) is 9.05. The van der Waals surface area contributed by atoms with Gasteiger partial charge >= 0.3 is 149 Å². The Morgan fingerprint density at radius 2 is 2.00 bits per heavy atom. The summed E-state index contributed by atoms with van der Waals surface area (Å²) in [6.07, 6.45) is 8.50. The molecule has 4 rings (SSSR count). The van der Waals surface area contributed by atoms with Crippen molar-refractivity contribution in [1.29, 1.82) is 0 Å². The molecule has 1 aliphatic rings. The summed E-state index contributed by atoms with van der Waals surface area (Å²) in [4.78, 5) is 24.4. The molecule has 0 amide bonds. The quantitative estimate of drug-likeness (QED) is 0.634. The summed E-state index contributed by atoms with van der Waals surface area (Å²) in [6.45, 7) is 2.02. The molecule has 1 unspecified atom stereocenters. The van der Waals surface area contributed by atoms with Crippen LogP contribution in [0, 0.1) is 5.92 Å². The van der Waals surface area contributed by atoms with Crippen molar-refractivity contribution >= 4 is 38.2 Å². The molecule has 3 aromatic heterocycles. The number of hydrogen-bond acceptors (Lipinski definition) is 6. The van der Waals surface area contributed by atoms with E-state index in [1.807, 2.05) is 24.5 Å². The number of aromatic nitrogens is 5. The topological polar surface area (TPSA) is 67.7 Å². The maximum atomic E-state index is 4.79. The zero-order valence-corrected chi connectivity index (χ0v) is 15.1. The Morgan fingerprint density at radius 1 is 1.12 bits per heavy atom. The van der Waals surface area contributed by atoms with Crippen LogP contribution in [0.25, 0.3) is 11.0 Å². The van der Waals surface area contributed by atoms with Crippen LogP contribution in [0.4, 0.5) is 5.82 Å². The first-order valence-electron chi connectivity index (χ1n) is 8.11. The molecular weight excluding hydrogens is 363 g/mol. The van der Waals surface area contributed by atoms with E-state index in [4.69, 9.17) is 4.98 Å². The van der Waals surface area contributed by atoms with Crippen molar-refractivity contribution in [1.82, 2.24) is 24.9 Å². The molecule has 1 aliphatic heterocycles. The van der Waals surface area contributed by atoms with Gasteiger partial charge in [0.15, 0.2) is 0 Å². The average Bonchev–Trinajstić information content (AvgIpc) is 2.63. The Morgan fingerprint density at radius 3 is 2.88 bits per heavy atom. The summed E-state index contributed by atoms with van der Waals surface area (Å²) in [5, 5.41) is 0. The van der Waals surface area contributed by atoms with E-state index < -0.39 is 0 Å². The van der Waals surface area contributed by atoms with Crippen LogP contribution in [0.5, 0.6) is 0 Å². The van der Waals surface area contributed by atoms with Crippen LogP contribution < -0.4 is 9.38 Å². The molecule has 24 heavy (non-hydrogen) atoms. The Hall–Kier alpha value is -2.07. The van der Waals surface area contributed by atoms with Crippen molar-refractivity contribution in [2.24, 2.45) is 5.92 Å². The Kier molecular flexibility index (Phi) is 4.39. The molecule has 1 saturated heterocycles. The zero-order chi connectivity index (χ0) is 16.4.